The molecule has 0 aromatic carbocycles. The van der Waals surface area contributed by atoms with Crippen molar-refractivity contribution < 1.29 is 4.74 Å². The highest BCUT2D eigenvalue weighted by atomic mass is 16.5. The fourth-order valence-electron chi connectivity index (χ4n) is 0.308. The molecular formula is C6H11NO. The number of rotatable bonds is 2. The first-order chi connectivity index (χ1) is 3.81. The van der Waals surface area contributed by atoms with Crippen molar-refractivity contribution in [2.24, 2.45) is 0 Å². The average molecular weight is 113 g/mol. The van der Waals surface area contributed by atoms with Gasteiger partial charge in [-0.2, -0.15) is 0 Å². The van der Waals surface area contributed by atoms with E-state index in [2.05, 4.69) is 4.74 Å². The van der Waals surface area contributed by atoms with Crippen LogP contribution in [0.2, 0.25) is 0 Å². The summed E-state index contributed by atoms with van der Waals surface area (Å²) in [6, 6.07) is 0. The van der Waals surface area contributed by atoms with E-state index in [1.807, 2.05) is 19.1 Å². The Kier molecular flexibility index (Phi) is 3.94. The highest BCUT2D eigenvalue weighted by Gasteiger charge is 1.85. The lowest BCUT2D eigenvalue weighted by atomic mass is 10.4. The van der Waals surface area contributed by atoms with Crippen LogP contribution in [-0.2, 0) is 4.74 Å². The maximum Gasteiger partial charge on any atom is 0.183 e. The summed E-state index contributed by atoms with van der Waals surface area (Å²) in [5.74, 6) is 0.308. The van der Waals surface area contributed by atoms with Gasteiger partial charge in [0.1, 0.15) is 0 Å². The highest BCUT2D eigenvalue weighted by Crippen LogP contribution is 1.84. The Balaban J connectivity index is 3.25. The highest BCUT2D eigenvalue weighted by molar-refractivity contribution is 5.73. The molecule has 0 aromatic rings. The van der Waals surface area contributed by atoms with Gasteiger partial charge in [0.05, 0.1) is 7.11 Å². The smallest absolute Gasteiger partial charge is 0.183 e. The molecule has 0 bridgehead atoms. The van der Waals surface area contributed by atoms with Crippen molar-refractivity contribution in [3.05, 3.63) is 12.2 Å². The van der Waals surface area contributed by atoms with Gasteiger partial charge in [0.15, 0.2) is 5.90 Å². The first kappa shape index (κ1) is 7.21. The minimum absolute atomic E-state index is 0.308. The van der Waals surface area contributed by atoms with E-state index in [9.17, 15) is 0 Å². The summed E-state index contributed by atoms with van der Waals surface area (Å²) < 4.78 is 4.58. The SMILES string of the molecule is C/C=C/CC(=N)OC. The number of methoxy groups -OCH3 is 1. The Morgan fingerprint density at radius 1 is 1.75 bits per heavy atom. The Bertz CT molecular complexity index is 96.7. The summed E-state index contributed by atoms with van der Waals surface area (Å²) in [4.78, 5) is 0. The fraction of sp³-hybridized carbons (Fsp3) is 0.500. The number of ether oxygens (including phenoxy) is 1. The first-order valence-corrected chi connectivity index (χ1v) is 2.53. The minimum Gasteiger partial charge on any atom is -0.484 e. The van der Waals surface area contributed by atoms with Gasteiger partial charge >= 0.3 is 0 Å². The third kappa shape index (κ3) is 3.40. The summed E-state index contributed by atoms with van der Waals surface area (Å²) in [6.45, 7) is 1.92. The second-order valence-electron chi connectivity index (χ2n) is 1.40. The van der Waals surface area contributed by atoms with Crippen LogP contribution in [0.1, 0.15) is 13.3 Å². The normalized spacial score (nSPS) is 9.75. The van der Waals surface area contributed by atoms with Crippen molar-refractivity contribution in [2.75, 3.05) is 7.11 Å². The minimum atomic E-state index is 0.308. The average Bonchev–Trinajstić information content (AvgIpc) is 1.83. The molecule has 0 heterocycles. The zero-order valence-corrected chi connectivity index (χ0v) is 5.27. The summed E-state index contributed by atoms with van der Waals surface area (Å²) in [5, 5.41) is 6.97. The monoisotopic (exact) mass is 113 g/mol. The molecule has 0 saturated carbocycles. The standard InChI is InChI=1S/C6H11NO/c1-3-4-5-6(7)8-2/h3-4,7H,5H2,1-2H3/b4-3+,7-6?. The molecule has 0 spiro atoms. The molecule has 0 amide bonds. The third-order valence-electron chi connectivity index (χ3n) is 0.785. The van der Waals surface area contributed by atoms with Crippen molar-refractivity contribution in [3.63, 3.8) is 0 Å². The summed E-state index contributed by atoms with van der Waals surface area (Å²) in [5.41, 5.74) is 0. The van der Waals surface area contributed by atoms with Crippen molar-refractivity contribution in [1.82, 2.24) is 0 Å². The second-order valence-corrected chi connectivity index (χ2v) is 1.40. The molecule has 8 heavy (non-hydrogen) atoms. The van der Waals surface area contributed by atoms with Gasteiger partial charge in [-0.25, -0.2) is 0 Å². The van der Waals surface area contributed by atoms with E-state index in [1.165, 1.54) is 7.11 Å². The molecule has 0 rings (SSSR count). The first-order valence-electron chi connectivity index (χ1n) is 2.53. The van der Waals surface area contributed by atoms with Gasteiger partial charge in [-0.3, -0.25) is 5.41 Å². The molecule has 0 aliphatic heterocycles. The summed E-state index contributed by atoms with van der Waals surface area (Å²) in [7, 11) is 1.51. The van der Waals surface area contributed by atoms with Crippen LogP contribution in [-0.4, -0.2) is 13.0 Å². The maximum atomic E-state index is 6.97. The van der Waals surface area contributed by atoms with Crippen LogP contribution >= 0.6 is 0 Å². The van der Waals surface area contributed by atoms with E-state index in [1.54, 1.807) is 0 Å². The van der Waals surface area contributed by atoms with Gasteiger partial charge in [-0.15, -0.1) is 0 Å². The molecule has 2 heteroatoms. The van der Waals surface area contributed by atoms with E-state index in [4.69, 9.17) is 5.41 Å². The van der Waals surface area contributed by atoms with E-state index in [-0.39, 0.29) is 0 Å². The van der Waals surface area contributed by atoms with Crippen LogP contribution in [0.3, 0.4) is 0 Å². The van der Waals surface area contributed by atoms with Crippen LogP contribution in [0, 0.1) is 5.41 Å². The number of allylic oxidation sites excluding steroid dienone is 1. The van der Waals surface area contributed by atoms with Gasteiger partial charge in [0, 0.05) is 6.42 Å². The van der Waals surface area contributed by atoms with Crippen LogP contribution < -0.4 is 0 Å². The molecule has 0 atom stereocenters. The largest absolute Gasteiger partial charge is 0.484 e. The second kappa shape index (κ2) is 4.37. The van der Waals surface area contributed by atoms with Gasteiger partial charge in [0.2, 0.25) is 0 Å². The van der Waals surface area contributed by atoms with E-state index < -0.39 is 0 Å². The van der Waals surface area contributed by atoms with Crippen molar-refractivity contribution >= 4 is 5.90 Å². The molecule has 0 saturated heterocycles. The Morgan fingerprint density at radius 3 is 2.75 bits per heavy atom. The van der Waals surface area contributed by atoms with Crippen LogP contribution in [0.25, 0.3) is 0 Å². The lowest BCUT2D eigenvalue weighted by Gasteiger charge is -1.93. The molecular weight excluding hydrogens is 102 g/mol. The molecule has 0 unspecified atom stereocenters. The lowest BCUT2D eigenvalue weighted by Crippen LogP contribution is -1.94. The predicted molar refractivity (Wildman–Crippen MR) is 34.2 cm³/mol. The van der Waals surface area contributed by atoms with Gasteiger partial charge < -0.3 is 4.74 Å². The molecule has 0 fully saturated rings. The van der Waals surface area contributed by atoms with Crippen LogP contribution in [0.15, 0.2) is 12.2 Å². The van der Waals surface area contributed by atoms with Crippen LogP contribution in [0.5, 0.6) is 0 Å². The topological polar surface area (TPSA) is 33.1 Å². The molecule has 0 aromatic heterocycles. The van der Waals surface area contributed by atoms with Crippen molar-refractivity contribution in [1.29, 1.82) is 5.41 Å². The molecule has 0 aliphatic carbocycles. The Labute approximate surface area is 49.7 Å². The number of hydrogen-bond donors (Lipinski definition) is 1. The number of hydrogen-bond acceptors (Lipinski definition) is 2. The Morgan fingerprint density at radius 2 is 2.38 bits per heavy atom. The third-order valence-corrected chi connectivity index (χ3v) is 0.785. The molecule has 0 radical (unpaired) electrons. The molecule has 0 aliphatic rings. The summed E-state index contributed by atoms with van der Waals surface area (Å²) in [6.07, 6.45) is 4.38. The zero-order chi connectivity index (χ0) is 6.41. The summed E-state index contributed by atoms with van der Waals surface area (Å²) >= 11 is 0. The number of nitrogens with one attached hydrogen (secondary N) is 1. The van der Waals surface area contributed by atoms with E-state index >= 15 is 0 Å². The maximum absolute atomic E-state index is 6.97. The van der Waals surface area contributed by atoms with E-state index in [0.717, 1.165) is 0 Å². The van der Waals surface area contributed by atoms with Gasteiger partial charge in [-0.05, 0) is 6.92 Å². The van der Waals surface area contributed by atoms with E-state index in [0.29, 0.717) is 12.3 Å². The molecule has 2 nitrogen and oxygen atoms in total. The Hall–Kier alpha value is -0.790. The predicted octanol–water partition coefficient (Wildman–Crippen LogP) is 1.58. The van der Waals surface area contributed by atoms with Crippen molar-refractivity contribution in [3.8, 4) is 0 Å². The fourth-order valence-corrected chi connectivity index (χ4v) is 0.308. The van der Waals surface area contributed by atoms with Gasteiger partial charge in [0.25, 0.3) is 0 Å². The quantitative estimate of drug-likeness (QED) is 0.329. The zero-order valence-electron chi connectivity index (χ0n) is 5.27. The van der Waals surface area contributed by atoms with Crippen molar-refractivity contribution in [2.45, 2.75) is 13.3 Å². The van der Waals surface area contributed by atoms with Crippen LogP contribution in [0.4, 0.5) is 0 Å². The molecule has 1 N–H and O–H groups in total. The lowest BCUT2D eigenvalue weighted by molar-refractivity contribution is 0.391. The molecule has 46 valence electrons. The van der Waals surface area contributed by atoms with Gasteiger partial charge in [-0.1, -0.05) is 12.2 Å².